The number of esters is 1. The molecule has 0 fully saturated rings. The molecule has 2 amide bonds. The van der Waals surface area contributed by atoms with Crippen LogP contribution >= 0.6 is 11.3 Å². The fourth-order valence-corrected chi connectivity index (χ4v) is 3.49. The highest BCUT2D eigenvalue weighted by atomic mass is 32.1. The van der Waals surface area contributed by atoms with E-state index in [2.05, 4.69) is 16.9 Å². The maximum absolute atomic E-state index is 12.3. The zero-order chi connectivity index (χ0) is 18.7. The van der Waals surface area contributed by atoms with Crippen LogP contribution in [-0.2, 0) is 16.1 Å². The maximum Gasteiger partial charge on any atom is 0.350 e. The summed E-state index contributed by atoms with van der Waals surface area (Å²) < 4.78 is 4.98. The van der Waals surface area contributed by atoms with Gasteiger partial charge in [-0.25, -0.2) is 9.78 Å². The molecule has 0 spiro atoms. The van der Waals surface area contributed by atoms with Crippen molar-refractivity contribution in [2.24, 2.45) is 0 Å². The highest BCUT2D eigenvalue weighted by Gasteiger charge is 2.28. The smallest absolute Gasteiger partial charge is 0.350 e. The Morgan fingerprint density at radius 2 is 2.19 bits per heavy atom. The number of benzene rings is 1. The SMILES string of the molecule is C=CCOC(=O)c1sc(NC(=O)CN2Cc3ccccc3C2=O)nc1C. The lowest BCUT2D eigenvalue weighted by Gasteiger charge is -2.14. The van der Waals surface area contributed by atoms with E-state index in [1.807, 2.05) is 12.1 Å². The van der Waals surface area contributed by atoms with Crippen LogP contribution in [0.2, 0.25) is 0 Å². The molecule has 0 saturated carbocycles. The summed E-state index contributed by atoms with van der Waals surface area (Å²) in [6.45, 7) is 5.58. The lowest BCUT2D eigenvalue weighted by Crippen LogP contribution is -2.33. The number of rotatable bonds is 6. The van der Waals surface area contributed by atoms with Crippen molar-refractivity contribution in [3.05, 3.63) is 58.6 Å². The number of amides is 2. The van der Waals surface area contributed by atoms with Crippen LogP contribution in [-0.4, -0.2) is 40.8 Å². The van der Waals surface area contributed by atoms with Crippen LogP contribution in [0.3, 0.4) is 0 Å². The number of fused-ring (bicyclic) bond motifs is 1. The van der Waals surface area contributed by atoms with Gasteiger partial charge in [0.1, 0.15) is 18.0 Å². The van der Waals surface area contributed by atoms with Crippen molar-refractivity contribution in [1.82, 2.24) is 9.88 Å². The van der Waals surface area contributed by atoms with Gasteiger partial charge in [0.25, 0.3) is 5.91 Å². The predicted molar refractivity (Wildman–Crippen MR) is 97.1 cm³/mol. The third-order valence-electron chi connectivity index (χ3n) is 3.79. The Balaban J connectivity index is 1.62. The number of carbonyl (C=O) groups excluding carboxylic acids is 3. The first-order chi connectivity index (χ1) is 12.5. The third kappa shape index (κ3) is 3.65. The van der Waals surface area contributed by atoms with E-state index in [0.717, 1.165) is 16.9 Å². The number of nitrogens with zero attached hydrogens (tertiary/aromatic N) is 2. The Kier molecular flexibility index (Phi) is 5.13. The molecule has 26 heavy (non-hydrogen) atoms. The standard InChI is InChI=1S/C18H17N3O4S/c1-3-8-25-17(24)15-11(2)19-18(26-15)20-14(22)10-21-9-12-6-4-5-7-13(12)16(21)23/h3-7H,1,8-10H2,2H3,(H,19,20,22). The summed E-state index contributed by atoms with van der Waals surface area (Å²) in [5, 5.41) is 2.93. The molecule has 1 aromatic carbocycles. The van der Waals surface area contributed by atoms with Gasteiger partial charge in [0.05, 0.1) is 5.69 Å². The Labute approximate surface area is 154 Å². The molecule has 1 aromatic heterocycles. The number of hydrogen-bond donors (Lipinski definition) is 1. The van der Waals surface area contributed by atoms with Crippen molar-refractivity contribution in [1.29, 1.82) is 0 Å². The molecule has 1 N–H and O–H groups in total. The molecule has 0 radical (unpaired) electrons. The van der Waals surface area contributed by atoms with Gasteiger partial charge in [-0.05, 0) is 18.6 Å². The highest BCUT2D eigenvalue weighted by molar-refractivity contribution is 7.17. The number of thiazole rings is 1. The van der Waals surface area contributed by atoms with Crippen LogP contribution in [0.5, 0.6) is 0 Å². The minimum absolute atomic E-state index is 0.0810. The molecule has 8 heteroatoms. The van der Waals surface area contributed by atoms with E-state index in [4.69, 9.17) is 4.74 Å². The summed E-state index contributed by atoms with van der Waals surface area (Å²) in [4.78, 5) is 42.4. The number of nitrogens with one attached hydrogen (secondary N) is 1. The molecule has 0 aliphatic carbocycles. The van der Waals surface area contributed by atoms with Gasteiger partial charge in [0.2, 0.25) is 5.91 Å². The Hall–Kier alpha value is -3.00. The van der Waals surface area contributed by atoms with Gasteiger partial charge in [-0.2, -0.15) is 0 Å². The molecule has 0 saturated heterocycles. The summed E-state index contributed by atoms with van der Waals surface area (Å²) in [5.41, 5.74) is 2.00. The van der Waals surface area contributed by atoms with Crippen LogP contribution in [0.4, 0.5) is 5.13 Å². The van der Waals surface area contributed by atoms with Gasteiger partial charge in [-0.15, -0.1) is 0 Å². The monoisotopic (exact) mass is 371 g/mol. The summed E-state index contributed by atoms with van der Waals surface area (Å²) >= 11 is 1.04. The van der Waals surface area contributed by atoms with Crippen molar-refractivity contribution in [3.8, 4) is 0 Å². The number of carbonyl (C=O) groups is 3. The van der Waals surface area contributed by atoms with E-state index in [9.17, 15) is 14.4 Å². The largest absolute Gasteiger partial charge is 0.457 e. The first-order valence-corrected chi connectivity index (χ1v) is 8.73. The lowest BCUT2D eigenvalue weighted by atomic mass is 10.1. The van der Waals surface area contributed by atoms with Gasteiger partial charge in [0, 0.05) is 12.1 Å². The number of aromatic nitrogens is 1. The van der Waals surface area contributed by atoms with Crippen molar-refractivity contribution < 1.29 is 19.1 Å². The maximum atomic E-state index is 12.3. The molecule has 2 heterocycles. The fraction of sp³-hybridized carbons (Fsp3) is 0.222. The van der Waals surface area contributed by atoms with E-state index >= 15 is 0 Å². The van der Waals surface area contributed by atoms with E-state index in [-0.39, 0.29) is 25.0 Å². The van der Waals surface area contributed by atoms with Crippen molar-refractivity contribution >= 4 is 34.3 Å². The molecule has 0 bridgehead atoms. The van der Waals surface area contributed by atoms with E-state index in [0.29, 0.717) is 27.8 Å². The van der Waals surface area contributed by atoms with E-state index in [1.54, 1.807) is 19.1 Å². The minimum atomic E-state index is -0.509. The van der Waals surface area contributed by atoms with Crippen LogP contribution in [0.1, 0.15) is 31.3 Å². The molecule has 0 atom stereocenters. The minimum Gasteiger partial charge on any atom is -0.457 e. The molecular weight excluding hydrogens is 354 g/mol. The average Bonchev–Trinajstić information content (AvgIpc) is 3.13. The predicted octanol–water partition coefficient (Wildman–Crippen LogP) is 2.39. The second kappa shape index (κ2) is 7.49. The number of anilines is 1. The first-order valence-electron chi connectivity index (χ1n) is 7.92. The second-order valence-electron chi connectivity index (χ2n) is 5.69. The van der Waals surface area contributed by atoms with Crippen LogP contribution < -0.4 is 5.32 Å². The van der Waals surface area contributed by atoms with Gasteiger partial charge in [-0.1, -0.05) is 42.2 Å². The number of aryl methyl sites for hydroxylation is 1. The van der Waals surface area contributed by atoms with E-state index in [1.165, 1.54) is 11.0 Å². The van der Waals surface area contributed by atoms with Gasteiger partial charge < -0.3 is 15.0 Å². The lowest BCUT2D eigenvalue weighted by molar-refractivity contribution is -0.116. The first kappa shape index (κ1) is 17.8. The zero-order valence-electron chi connectivity index (χ0n) is 14.2. The van der Waals surface area contributed by atoms with Gasteiger partial charge >= 0.3 is 5.97 Å². The molecule has 3 rings (SSSR count). The molecule has 7 nitrogen and oxygen atoms in total. The molecule has 134 valence electrons. The summed E-state index contributed by atoms with van der Waals surface area (Å²) in [7, 11) is 0. The van der Waals surface area contributed by atoms with Crippen LogP contribution in [0.25, 0.3) is 0 Å². The molecule has 1 aliphatic rings. The third-order valence-corrected chi connectivity index (χ3v) is 4.84. The zero-order valence-corrected chi connectivity index (χ0v) is 15.0. The summed E-state index contributed by atoms with van der Waals surface area (Å²) in [5.74, 6) is -1.05. The molecule has 1 aliphatic heterocycles. The molecule has 0 unspecified atom stereocenters. The van der Waals surface area contributed by atoms with Crippen molar-refractivity contribution in [2.75, 3.05) is 18.5 Å². The number of hydrogen-bond acceptors (Lipinski definition) is 6. The molecule has 2 aromatic rings. The van der Waals surface area contributed by atoms with Crippen LogP contribution in [0.15, 0.2) is 36.9 Å². The van der Waals surface area contributed by atoms with Crippen molar-refractivity contribution in [3.63, 3.8) is 0 Å². The Bertz CT molecular complexity index is 890. The molecular formula is C18H17N3O4S. The Morgan fingerprint density at radius 3 is 2.92 bits per heavy atom. The van der Waals surface area contributed by atoms with Crippen molar-refractivity contribution in [2.45, 2.75) is 13.5 Å². The quantitative estimate of drug-likeness (QED) is 0.622. The van der Waals surface area contributed by atoms with E-state index < -0.39 is 5.97 Å². The van der Waals surface area contributed by atoms with Gasteiger partial charge in [-0.3, -0.25) is 9.59 Å². The second-order valence-corrected chi connectivity index (χ2v) is 6.69. The topological polar surface area (TPSA) is 88.6 Å². The summed E-state index contributed by atoms with van der Waals surface area (Å²) in [6, 6.07) is 7.28. The summed E-state index contributed by atoms with van der Waals surface area (Å²) in [6.07, 6.45) is 1.47. The fourth-order valence-electron chi connectivity index (χ4n) is 2.61. The number of ether oxygens (including phenoxy) is 1. The average molecular weight is 371 g/mol. The normalized spacial score (nSPS) is 12.7. The van der Waals surface area contributed by atoms with Gasteiger partial charge in [0.15, 0.2) is 5.13 Å². The van der Waals surface area contributed by atoms with Crippen LogP contribution in [0, 0.1) is 6.92 Å². The Morgan fingerprint density at radius 1 is 1.42 bits per heavy atom. The highest BCUT2D eigenvalue weighted by Crippen LogP contribution is 2.25.